The summed E-state index contributed by atoms with van der Waals surface area (Å²) in [6.45, 7) is 5.54. The van der Waals surface area contributed by atoms with Crippen LogP contribution in [0.5, 0.6) is 0 Å². The topological polar surface area (TPSA) is 12.0 Å². The first kappa shape index (κ1) is 14.9. The Morgan fingerprint density at radius 1 is 1.41 bits per heavy atom. The summed E-state index contributed by atoms with van der Waals surface area (Å²) in [7, 11) is 0. The third-order valence-corrected chi connectivity index (χ3v) is 3.81. The SMILES string of the molecule is CCSCCCNC(C)Cc1cccc(Cl)c1. The molecule has 0 aliphatic rings. The summed E-state index contributed by atoms with van der Waals surface area (Å²) in [4.78, 5) is 0. The molecule has 1 rings (SSSR count). The van der Waals surface area contributed by atoms with E-state index in [2.05, 4.69) is 25.2 Å². The standard InChI is InChI=1S/C14H22ClNS/c1-3-17-9-5-8-16-12(2)10-13-6-4-7-14(15)11-13/h4,6-7,11-12,16H,3,5,8-10H2,1-2H3. The van der Waals surface area contributed by atoms with E-state index in [1.807, 2.05) is 30.0 Å². The lowest BCUT2D eigenvalue weighted by atomic mass is 10.1. The molecular formula is C14H22ClNS. The fourth-order valence-electron chi connectivity index (χ4n) is 1.76. The Hall–Kier alpha value is -0.180. The van der Waals surface area contributed by atoms with Crippen molar-refractivity contribution in [1.29, 1.82) is 0 Å². The monoisotopic (exact) mass is 271 g/mol. The van der Waals surface area contributed by atoms with Crippen molar-refractivity contribution in [3.05, 3.63) is 34.9 Å². The Kier molecular flexibility index (Phi) is 7.74. The van der Waals surface area contributed by atoms with Crippen molar-refractivity contribution in [2.24, 2.45) is 0 Å². The van der Waals surface area contributed by atoms with E-state index in [4.69, 9.17) is 11.6 Å². The van der Waals surface area contributed by atoms with E-state index in [0.29, 0.717) is 6.04 Å². The molecule has 0 saturated heterocycles. The van der Waals surface area contributed by atoms with Gasteiger partial charge in [-0.25, -0.2) is 0 Å². The molecule has 0 fully saturated rings. The summed E-state index contributed by atoms with van der Waals surface area (Å²) in [5, 5.41) is 4.38. The number of halogens is 1. The van der Waals surface area contributed by atoms with Gasteiger partial charge in [-0.1, -0.05) is 30.7 Å². The number of rotatable bonds is 8. The Balaban J connectivity index is 2.18. The van der Waals surface area contributed by atoms with Crippen LogP contribution in [0.1, 0.15) is 25.8 Å². The van der Waals surface area contributed by atoms with Crippen LogP contribution >= 0.6 is 23.4 Å². The van der Waals surface area contributed by atoms with Crippen LogP contribution in [0.2, 0.25) is 5.02 Å². The average molecular weight is 272 g/mol. The summed E-state index contributed by atoms with van der Waals surface area (Å²) >= 11 is 7.97. The van der Waals surface area contributed by atoms with E-state index in [1.165, 1.54) is 23.5 Å². The predicted octanol–water partition coefficient (Wildman–Crippen LogP) is 4.00. The molecule has 0 saturated carbocycles. The van der Waals surface area contributed by atoms with Crippen LogP contribution < -0.4 is 5.32 Å². The van der Waals surface area contributed by atoms with Crippen LogP contribution in [0.4, 0.5) is 0 Å². The minimum Gasteiger partial charge on any atom is -0.314 e. The zero-order valence-corrected chi connectivity index (χ0v) is 12.3. The maximum absolute atomic E-state index is 5.97. The number of hydrogen-bond donors (Lipinski definition) is 1. The Morgan fingerprint density at radius 2 is 2.24 bits per heavy atom. The minimum absolute atomic E-state index is 0.514. The maximum atomic E-state index is 5.97. The molecular weight excluding hydrogens is 250 g/mol. The van der Waals surface area contributed by atoms with Crippen LogP contribution in [0.25, 0.3) is 0 Å². The van der Waals surface area contributed by atoms with Gasteiger partial charge in [-0.2, -0.15) is 11.8 Å². The van der Waals surface area contributed by atoms with E-state index >= 15 is 0 Å². The van der Waals surface area contributed by atoms with Gasteiger partial charge in [0.25, 0.3) is 0 Å². The van der Waals surface area contributed by atoms with Crippen LogP contribution in [0.3, 0.4) is 0 Å². The highest BCUT2D eigenvalue weighted by atomic mass is 35.5. The molecule has 1 atom stereocenters. The molecule has 1 unspecified atom stereocenters. The molecule has 0 aliphatic carbocycles. The molecule has 96 valence electrons. The van der Waals surface area contributed by atoms with Gasteiger partial charge in [-0.3, -0.25) is 0 Å². The van der Waals surface area contributed by atoms with Crippen molar-refractivity contribution >= 4 is 23.4 Å². The minimum atomic E-state index is 0.514. The highest BCUT2D eigenvalue weighted by molar-refractivity contribution is 7.99. The van der Waals surface area contributed by atoms with E-state index < -0.39 is 0 Å². The second-order valence-electron chi connectivity index (χ2n) is 4.24. The van der Waals surface area contributed by atoms with Gasteiger partial charge in [-0.05, 0) is 55.5 Å². The summed E-state index contributed by atoms with van der Waals surface area (Å²) < 4.78 is 0. The normalized spacial score (nSPS) is 12.6. The van der Waals surface area contributed by atoms with Crippen LogP contribution in [0.15, 0.2) is 24.3 Å². The van der Waals surface area contributed by atoms with E-state index in [1.54, 1.807) is 0 Å². The third-order valence-electron chi connectivity index (χ3n) is 2.59. The first-order valence-corrected chi connectivity index (χ1v) is 7.81. The molecule has 0 aliphatic heterocycles. The summed E-state index contributed by atoms with van der Waals surface area (Å²) in [6, 6.07) is 8.64. The van der Waals surface area contributed by atoms with Crippen molar-refractivity contribution in [3.8, 4) is 0 Å². The lowest BCUT2D eigenvalue weighted by Gasteiger charge is -2.13. The van der Waals surface area contributed by atoms with Crippen molar-refractivity contribution in [2.45, 2.75) is 32.7 Å². The highest BCUT2D eigenvalue weighted by Crippen LogP contribution is 2.12. The Bertz CT molecular complexity index is 317. The molecule has 1 N–H and O–H groups in total. The molecule has 0 spiro atoms. The van der Waals surface area contributed by atoms with Gasteiger partial charge < -0.3 is 5.32 Å². The fraction of sp³-hybridized carbons (Fsp3) is 0.571. The average Bonchev–Trinajstić information content (AvgIpc) is 2.29. The quantitative estimate of drug-likeness (QED) is 0.717. The third kappa shape index (κ3) is 6.97. The number of thioether (sulfide) groups is 1. The first-order valence-electron chi connectivity index (χ1n) is 6.28. The van der Waals surface area contributed by atoms with Gasteiger partial charge in [0.15, 0.2) is 0 Å². The molecule has 17 heavy (non-hydrogen) atoms. The van der Waals surface area contributed by atoms with Gasteiger partial charge >= 0.3 is 0 Å². The highest BCUT2D eigenvalue weighted by Gasteiger charge is 2.02. The fourth-order valence-corrected chi connectivity index (χ4v) is 2.61. The molecule has 0 bridgehead atoms. The summed E-state index contributed by atoms with van der Waals surface area (Å²) in [5.74, 6) is 2.48. The van der Waals surface area contributed by atoms with Crippen LogP contribution in [-0.2, 0) is 6.42 Å². The predicted molar refractivity (Wildman–Crippen MR) is 80.2 cm³/mol. The smallest absolute Gasteiger partial charge is 0.0408 e. The van der Waals surface area contributed by atoms with Crippen molar-refractivity contribution in [2.75, 3.05) is 18.1 Å². The number of hydrogen-bond acceptors (Lipinski definition) is 2. The largest absolute Gasteiger partial charge is 0.314 e. The summed E-state index contributed by atoms with van der Waals surface area (Å²) in [5.41, 5.74) is 1.31. The van der Waals surface area contributed by atoms with Gasteiger partial charge in [-0.15, -0.1) is 0 Å². The maximum Gasteiger partial charge on any atom is 0.0408 e. The summed E-state index contributed by atoms with van der Waals surface area (Å²) in [6.07, 6.45) is 2.29. The molecule has 0 aromatic heterocycles. The van der Waals surface area contributed by atoms with Gasteiger partial charge in [0.05, 0.1) is 0 Å². The lowest BCUT2D eigenvalue weighted by molar-refractivity contribution is 0.545. The number of nitrogens with one attached hydrogen (secondary N) is 1. The Morgan fingerprint density at radius 3 is 2.94 bits per heavy atom. The second-order valence-corrected chi connectivity index (χ2v) is 6.07. The molecule has 0 radical (unpaired) electrons. The molecule has 0 amide bonds. The zero-order chi connectivity index (χ0) is 12.5. The van der Waals surface area contributed by atoms with Crippen LogP contribution in [-0.4, -0.2) is 24.1 Å². The van der Waals surface area contributed by atoms with Crippen LogP contribution in [0, 0.1) is 0 Å². The molecule has 1 nitrogen and oxygen atoms in total. The molecule has 1 aromatic carbocycles. The van der Waals surface area contributed by atoms with E-state index in [9.17, 15) is 0 Å². The lowest BCUT2D eigenvalue weighted by Crippen LogP contribution is -2.29. The van der Waals surface area contributed by atoms with Gasteiger partial charge in [0, 0.05) is 11.1 Å². The van der Waals surface area contributed by atoms with Crippen molar-refractivity contribution in [3.63, 3.8) is 0 Å². The molecule has 3 heteroatoms. The zero-order valence-electron chi connectivity index (χ0n) is 10.7. The Labute approximate surface area is 114 Å². The van der Waals surface area contributed by atoms with E-state index in [-0.39, 0.29) is 0 Å². The first-order chi connectivity index (χ1) is 8.22. The molecule has 1 aromatic rings. The van der Waals surface area contributed by atoms with Crippen molar-refractivity contribution in [1.82, 2.24) is 5.32 Å². The van der Waals surface area contributed by atoms with Gasteiger partial charge in [0.1, 0.15) is 0 Å². The van der Waals surface area contributed by atoms with Gasteiger partial charge in [0.2, 0.25) is 0 Å². The van der Waals surface area contributed by atoms with E-state index in [0.717, 1.165) is 18.0 Å². The number of benzene rings is 1. The molecule has 0 heterocycles. The van der Waals surface area contributed by atoms with Crippen molar-refractivity contribution < 1.29 is 0 Å². The second kappa shape index (κ2) is 8.84.